The number of likely N-dealkylation sites (N-methyl/N-ethyl adjacent to an activating group) is 1. The van der Waals surface area contributed by atoms with Crippen molar-refractivity contribution in [3.8, 4) is 0 Å². The Morgan fingerprint density at radius 3 is 2.77 bits per heavy atom. The third kappa shape index (κ3) is 6.01. The Balaban J connectivity index is 1.63. The molecule has 0 bridgehead atoms. The van der Waals surface area contributed by atoms with Crippen molar-refractivity contribution < 1.29 is 23.5 Å². The monoisotopic (exact) mass is 468 g/mol. The van der Waals surface area contributed by atoms with Gasteiger partial charge in [0, 0.05) is 18.8 Å². The van der Waals surface area contributed by atoms with Crippen molar-refractivity contribution in [1.29, 1.82) is 0 Å². The standard InChI is InChI=1S/C20H22ClFN4O4S/c1-2-23-15(10-24-20(29)16-5-6-17(21)31-16)19(28)25-14-4-3-12(9-13(14)22)26-7-8-30-11-18(26)27/h3-6,9,15,23H,2,7-8,10-11H2,1H3,(H,24,29)(H,25,28)/t15-/m1/s1. The highest BCUT2D eigenvalue weighted by Crippen LogP contribution is 2.24. The van der Waals surface area contributed by atoms with E-state index in [1.165, 1.54) is 17.0 Å². The quantitative estimate of drug-likeness (QED) is 0.552. The summed E-state index contributed by atoms with van der Waals surface area (Å²) < 4.78 is 20.2. The van der Waals surface area contributed by atoms with E-state index in [4.69, 9.17) is 16.3 Å². The molecule has 0 spiro atoms. The number of nitrogens with zero attached hydrogens (tertiary/aromatic N) is 1. The molecule has 1 aliphatic rings. The van der Waals surface area contributed by atoms with Gasteiger partial charge < -0.3 is 25.6 Å². The maximum absolute atomic E-state index is 14.6. The summed E-state index contributed by atoms with van der Waals surface area (Å²) in [5.74, 6) is -1.77. The maximum atomic E-state index is 14.6. The Morgan fingerprint density at radius 2 is 2.13 bits per heavy atom. The van der Waals surface area contributed by atoms with Crippen LogP contribution in [0.1, 0.15) is 16.6 Å². The smallest absolute Gasteiger partial charge is 0.261 e. The third-order valence-electron chi connectivity index (χ3n) is 4.54. The SMILES string of the molecule is CCN[C@H](CNC(=O)c1ccc(Cl)s1)C(=O)Nc1ccc(N2CCOCC2=O)cc1F. The lowest BCUT2D eigenvalue weighted by Gasteiger charge is -2.27. The second-order valence-corrected chi connectivity index (χ2v) is 8.39. The van der Waals surface area contributed by atoms with E-state index in [-0.39, 0.29) is 30.7 Å². The van der Waals surface area contributed by atoms with Gasteiger partial charge in [0.1, 0.15) is 18.5 Å². The molecule has 1 aromatic heterocycles. The number of nitrogens with one attached hydrogen (secondary N) is 3. The van der Waals surface area contributed by atoms with Crippen LogP contribution in [0.5, 0.6) is 0 Å². The molecule has 3 amide bonds. The number of hydrogen-bond donors (Lipinski definition) is 3. The van der Waals surface area contributed by atoms with Crippen LogP contribution in [0.2, 0.25) is 4.34 Å². The molecule has 2 heterocycles. The van der Waals surface area contributed by atoms with Crippen molar-refractivity contribution in [2.24, 2.45) is 0 Å². The Kier molecular flexibility index (Phi) is 7.97. The van der Waals surface area contributed by atoms with Gasteiger partial charge in [-0.25, -0.2) is 4.39 Å². The van der Waals surface area contributed by atoms with Gasteiger partial charge in [0.15, 0.2) is 0 Å². The van der Waals surface area contributed by atoms with Gasteiger partial charge in [0.2, 0.25) is 5.91 Å². The van der Waals surface area contributed by atoms with Crippen LogP contribution in [0.15, 0.2) is 30.3 Å². The zero-order valence-electron chi connectivity index (χ0n) is 16.7. The summed E-state index contributed by atoms with van der Waals surface area (Å²) in [7, 11) is 0. The Morgan fingerprint density at radius 1 is 1.32 bits per heavy atom. The van der Waals surface area contributed by atoms with E-state index in [1.807, 2.05) is 6.92 Å². The number of rotatable bonds is 8. The van der Waals surface area contributed by atoms with Gasteiger partial charge in [0.05, 0.1) is 21.5 Å². The van der Waals surface area contributed by atoms with Gasteiger partial charge >= 0.3 is 0 Å². The predicted octanol–water partition coefficient (Wildman–Crippen LogP) is 2.25. The summed E-state index contributed by atoms with van der Waals surface area (Å²) in [4.78, 5) is 38.6. The fraction of sp³-hybridized carbons (Fsp3) is 0.350. The van der Waals surface area contributed by atoms with E-state index in [0.717, 1.165) is 11.3 Å². The average molecular weight is 469 g/mol. The summed E-state index contributed by atoms with van der Waals surface area (Å²) in [6, 6.07) is 6.60. The topological polar surface area (TPSA) is 99.8 Å². The van der Waals surface area contributed by atoms with Crippen LogP contribution in [0, 0.1) is 5.82 Å². The zero-order valence-corrected chi connectivity index (χ0v) is 18.3. The van der Waals surface area contributed by atoms with Crippen LogP contribution < -0.4 is 20.9 Å². The number of morpholine rings is 1. The highest BCUT2D eigenvalue weighted by atomic mass is 35.5. The molecular formula is C20H22ClFN4O4S. The van der Waals surface area contributed by atoms with E-state index in [0.29, 0.717) is 34.6 Å². The van der Waals surface area contributed by atoms with Crippen LogP contribution in [0.25, 0.3) is 0 Å². The molecule has 11 heteroatoms. The fourth-order valence-electron chi connectivity index (χ4n) is 3.01. The molecule has 0 aliphatic carbocycles. The predicted molar refractivity (Wildman–Crippen MR) is 117 cm³/mol. The maximum Gasteiger partial charge on any atom is 0.261 e. The Labute approximate surface area is 187 Å². The van der Waals surface area contributed by atoms with Crippen molar-refractivity contribution in [1.82, 2.24) is 10.6 Å². The molecule has 0 unspecified atom stereocenters. The highest BCUT2D eigenvalue weighted by molar-refractivity contribution is 7.18. The molecule has 1 saturated heterocycles. The van der Waals surface area contributed by atoms with E-state index in [1.54, 1.807) is 18.2 Å². The third-order valence-corrected chi connectivity index (χ3v) is 5.77. The number of benzene rings is 1. The number of carbonyl (C=O) groups excluding carboxylic acids is 3. The molecule has 2 aromatic rings. The van der Waals surface area contributed by atoms with Crippen LogP contribution in [0.3, 0.4) is 0 Å². The molecule has 166 valence electrons. The summed E-state index contributed by atoms with van der Waals surface area (Å²) >= 11 is 6.97. The number of hydrogen-bond acceptors (Lipinski definition) is 6. The van der Waals surface area contributed by atoms with E-state index >= 15 is 0 Å². The van der Waals surface area contributed by atoms with Gasteiger partial charge in [-0.05, 0) is 36.9 Å². The highest BCUT2D eigenvalue weighted by Gasteiger charge is 2.23. The minimum Gasteiger partial charge on any atom is -0.370 e. The van der Waals surface area contributed by atoms with Gasteiger partial charge in [-0.3, -0.25) is 14.4 Å². The fourth-order valence-corrected chi connectivity index (χ4v) is 3.97. The molecule has 0 saturated carbocycles. The molecule has 8 nitrogen and oxygen atoms in total. The lowest BCUT2D eigenvalue weighted by Crippen LogP contribution is -2.48. The molecule has 1 aromatic carbocycles. The van der Waals surface area contributed by atoms with Gasteiger partial charge in [-0.15, -0.1) is 11.3 Å². The normalized spacial score (nSPS) is 14.9. The summed E-state index contributed by atoms with van der Waals surface area (Å²) in [5, 5.41) is 8.17. The van der Waals surface area contributed by atoms with E-state index in [9.17, 15) is 18.8 Å². The van der Waals surface area contributed by atoms with E-state index in [2.05, 4.69) is 16.0 Å². The number of halogens is 2. The average Bonchev–Trinajstić information content (AvgIpc) is 3.19. The molecule has 1 fully saturated rings. The number of anilines is 2. The number of thiophene rings is 1. The summed E-state index contributed by atoms with van der Waals surface area (Å²) in [6.07, 6.45) is 0. The van der Waals surface area contributed by atoms with Crippen molar-refractivity contribution in [2.45, 2.75) is 13.0 Å². The molecule has 3 N–H and O–H groups in total. The number of carbonyl (C=O) groups is 3. The summed E-state index contributed by atoms with van der Waals surface area (Å²) in [5.41, 5.74) is 0.377. The molecule has 1 atom stereocenters. The van der Waals surface area contributed by atoms with Crippen molar-refractivity contribution in [3.63, 3.8) is 0 Å². The van der Waals surface area contributed by atoms with Gasteiger partial charge in [0.25, 0.3) is 11.8 Å². The van der Waals surface area contributed by atoms with Crippen LogP contribution in [0.4, 0.5) is 15.8 Å². The minimum atomic E-state index is -0.774. The molecule has 3 rings (SSSR count). The molecular weight excluding hydrogens is 447 g/mol. The number of amides is 3. The lowest BCUT2D eigenvalue weighted by molar-refractivity contribution is -0.125. The zero-order chi connectivity index (χ0) is 22.4. The number of ether oxygens (including phenoxy) is 1. The van der Waals surface area contributed by atoms with Crippen LogP contribution in [-0.4, -0.2) is 56.6 Å². The first-order valence-corrected chi connectivity index (χ1v) is 10.8. The Hall–Kier alpha value is -2.53. The first kappa shape index (κ1) is 23.1. The van der Waals surface area contributed by atoms with Gasteiger partial charge in [-0.2, -0.15) is 0 Å². The largest absolute Gasteiger partial charge is 0.370 e. The second kappa shape index (κ2) is 10.7. The van der Waals surface area contributed by atoms with Gasteiger partial charge in [-0.1, -0.05) is 18.5 Å². The molecule has 31 heavy (non-hydrogen) atoms. The molecule has 1 aliphatic heterocycles. The first-order chi connectivity index (χ1) is 14.9. The van der Waals surface area contributed by atoms with Crippen LogP contribution in [-0.2, 0) is 14.3 Å². The first-order valence-electron chi connectivity index (χ1n) is 9.64. The minimum absolute atomic E-state index is 0.00993. The van der Waals surface area contributed by atoms with Crippen LogP contribution >= 0.6 is 22.9 Å². The van der Waals surface area contributed by atoms with E-state index < -0.39 is 17.8 Å². The van der Waals surface area contributed by atoms with Crippen molar-refractivity contribution in [2.75, 3.05) is 43.1 Å². The van der Waals surface area contributed by atoms with Crippen molar-refractivity contribution >= 4 is 52.0 Å². The lowest BCUT2D eigenvalue weighted by atomic mass is 10.2. The second-order valence-electron chi connectivity index (χ2n) is 6.68. The van der Waals surface area contributed by atoms with Crippen molar-refractivity contribution in [3.05, 3.63) is 45.4 Å². The molecule has 0 radical (unpaired) electrons. The Bertz CT molecular complexity index is 970. The summed E-state index contributed by atoms with van der Waals surface area (Å²) in [6.45, 7) is 2.96.